The second-order valence-corrected chi connectivity index (χ2v) is 9.66. The summed E-state index contributed by atoms with van der Waals surface area (Å²) in [5.41, 5.74) is 2.92. The SMILES string of the molecule is CCCS(=O)(=O)N1CCC(NC(=NC)NCc2coc(-c3ccc(C)cc3)n2)CC1.I. The average Bonchev–Trinajstić information content (AvgIpc) is 3.21. The first kappa shape index (κ1) is 25.6. The summed E-state index contributed by atoms with van der Waals surface area (Å²) in [4.78, 5) is 8.81. The molecule has 1 saturated heterocycles. The quantitative estimate of drug-likeness (QED) is 0.306. The number of aromatic nitrogens is 1. The Balaban J connectivity index is 0.00000341. The number of piperidine rings is 1. The lowest BCUT2D eigenvalue weighted by molar-refractivity contribution is 0.306. The van der Waals surface area contributed by atoms with Gasteiger partial charge in [-0.15, -0.1) is 24.0 Å². The van der Waals surface area contributed by atoms with Gasteiger partial charge < -0.3 is 15.1 Å². The summed E-state index contributed by atoms with van der Waals surface area (Å²) in [6.45, 7) is 5.50. The largest absolute Gasteiger partial charge is 0.444 e. The first-order valence-corrected chi connectivity index (χ1v) is 12.0. The molecule has 0 aliphatic carbocycles. The fraction of sp³-hybridized carbons (Fsp3) is 0.524. The lowest BCUT2D eigenvalue weighted by Crippen LogP contribution is -2.49. The maximum Gasteiger partial charge on any atom is 0.226 e. The van der Waals surface area contributed by atoms with Crippen molar-refractivity contribution in [3.05, 3.63) is 41.8 Å². The van der Waals surface area contributed by atoms with E-state index in [1.54, 1.807) is 17.6 Å². The van der Waals surface area contributed by atoms with E-state index in [-0.39, 0.29) is 35.8 Å². The van der Waals surface area contributed by atoms with Gasteiger partial charge in [-0.2, -0.15) is 0 Å². The fourth-order valence-electron chi connectivity index (χ4n) is 3.44. The van der Waals surface area contributed by atoms with Gasteiger partial charge in [-0.05, 0) is 38.3 Å². The summed E-state index contributed by atoms with van der Waals surface area (Å²) in [7, 11) is -1.40. The number of hydrogen-bond donors (Lipinski definition) is 2. The lowest BCUT2D eigenvalue weighted by atomic mass is 10.1. The van der Waals surface area contributed by atoms with Gasteiger partial charge in [0.25, 0.3) is 0 Å². The van der Waals surface area contributed by atoms with Crippen molar-refractivity contribution in [1.29, 1.82) is 0 Å². The molecule has 0 spiro atoms. The van der Waals surface area contributed by atoms with E-state index in [0.29, 0.717) is 37.9 Å². The Morgan fingerprint density at radius 3 is 2.55 bits per heavy atom. The van der Waals surface area contributed by atoms with Crippen molar-refractivity contribution in [3.63, 3.8) is 0 Å². The minimum absolute atomic E-state index is 0. The standard InChI is InChI=1S/C21H31N5O3S.HI/c1-4-13-30(27,28)26-11-9-18(10-12-26)25-21(22-3)23-14-19-15-29-20(24-19)17-7-5-16(2)6-8-17;/h5-8,15,18H,4,9-14H2,1-3H3,(H2,22,23,25);1H. The molecule has 0 radical (unpaired) electrons. The summed E-state index contributed by atoms with van der Waals surface area (Å²) in [6, 6.07) is 8.23. The zero-order chi connectivity index (χ0) is 21.6. The molecule has 0 bridgehead atoms. The molecular formula is C21H32IN5O3S. The minimum atomic E-state index is -3.12. The number of oxazole rings is 1. The van der Waals surface area contributed by atoms with Crippen molar-refractivity contribution in [3.8, 4) is 11.5 Å². The minimum Gasteiger partial charge on any atom is -0.444 e. The van der Waals surface area contributed by atoms with Crippen LogP contribution in [-0.4, -0.2) is 55.6 Å². The van der Waals surface area contributed by atoms with Crippen LogP contribution < -0.4 is 10.6 Å². The smallest absolute Gasteiger partial charge is 0.226 e. The predicted octanol–water partition coefficient (Wildman–Crippen LogP) is 3.14. The molecule has 1 fully saturated rings. The third kappa shape index (κ3) is 7.18. The number of benzene rings is 1. The van der Waals surface area contributed by atoms with Crippen LogP contribution in [0.1, 0.15) is 37.4 Å². The van der Waals surface area contributed by atoms with Crippen LogP contribution in [0, 0.1) is 6.92 Å². The average molecular weight is 561 g/mol. The van der Waals surface area contributed by atoms with E-state index in [1.807, 2.05) is 38.1 Å². The van der Waals surface area contributed by atoms with E-state index in [9.17, 15) is 8.42 Å². The van der Waals surface area contributed by atoms with Crippen LogP contribution in [0.4, 0.5) is 0 Å². The molecule has 1 aliphatic heterocycles. The molecule has 1 aromatic heterocycles. The Morgan fingerprint density at radius 2 is 1.94 bits per heavy atom. The summed E-state index contributed by atoms with van der Waals surface area (Å²) in [5, 5.41) is 6.64. The van der Waals surface area contributed by atoms with Crippen molar-refractivity contribution >= 4 is 40.0 Å². The fourth-order valence-corrected chi connectivity index (χ4v) is 4.99. The highest BCUT2D eigenvalue weighted by molar-refractivity contribution is 14.0. The maximum absolute atomic E-state index is 12.2. The van der Waals surface area contributed by atoms with Crippen LogP contribution in [0.25, 0.3) is 11.5 Å². The number of halogens is 1. The Bertz CT molecular complexity index is 952. The van der Waals surface area contributed by atoms with Crippen LogP contribution in [0.15, 0.2) is 39.9 Å². The second-order valence-electron chi connectivity index (χ2n) is 7.57. The topological polar surface area (TPSA) is 99.8 Å². The first-order valence-electron chi connectivity index (χ1n) is 10.4. The highest BCUT2D eigenvalue weighted by Gasteiger charge is 2.27. The summed E-state index contributed by atoms with van der Waals surface area (Å²) < 4.78 is 31.6. The first-order chi connectivity index (χ1) is 14.4. The number of hydrogen-bond acceptors (Lipinski definition) is 5. The molecule has 0 amide bonds. The second kappa shape index (κ2) is 11.8. The van der Waals surface area contributed by atoms with Crippen molar-refractivity contribution in [2.45, 2.75) is 45.7 Å². The highest BCUT2D eigenvalue weighted by Crippen LogP contribution is 2.19. The Morgan fingerprint density at radius 1 is 1.26 bits per heavy atom. The van der Waals surface area contributed by atoms with Gasteiger partial charge in [0.15, 0.2) is 5.96 Å². The Kier molecular flexibility index (Phi) is 9.76. The molecular weight excluding hydrogens is 529 g/mol. The van der Waals surface area contributed by atoms with Crippen LogP contribution in [0.3, 0.4) is 0 Å². The van der Waals surface area contributed by atoms with Gasteiger partial charge in [0.1, 0.15) is 6.26 Å². The molecule has 0 atom stereocenters. The van der Waals surface area contributed by atoms with Crippen molar-refractivity contribution < 1.29 is 12.8 Å². The summed E-state index contributed by atoms with van der Waals surface area (Å²) in [6.07, 6.45) is 3.80. The molecule has 31 heavy (non-hydrogen) atoms. The molecule has 10 heteroatoms. The van der Waals surface area contributed by atoms with Gasteiger partial charge >= 0.3 is 0 Å². The van der Waals surface area contributed by atoms with Gasteiger partial charge in [-0.3, -0.25) is 4.99 Å². The van der Waals surface area contributed by atoms with E-state index >= 15 is 0 Å². The third-order valence-electron chi connectivity index (χ3n) is 5.16. The maximum atomic E-state index is 12.2. The van der Waals surface area contributed by atoms with Crippen LogP contribution in [-0.2, 0) is 16.6 Å². The lowest BCUT2D eigenvalue weighted by Gasteiger charge is -2.32. The number of rotatable bonds is 7. The van der Waals surface area contributed by atoms with Gasteiger partial charge in [0.05, 0.1) is 18.0 Å². The summed E-state index contributed by atoms with van der Waals surface area (Å²) >= 11 is 0. The van der Waals surface area contributed by atoms with E-state index in [1.165, 1.54) is 5.56 Å². The molecule has 0 unspecified atom stereocenters. The number of nitrogens with one attached hydrogen (secondary N) is 2. The molecule has 2 N–H and O–H groups in total. The number of nitrogens with zero attached hydrogens (tertiary/aromatic N) is 3. The monoisotopic (exact) mass is 561 g/mol. The Labute approximate surface area is 202 Å². The van der Waals surface area contributed by atoms with Crippen molar-refractivity contribution in [1.82, 2.24) is 19.9 Å². The molecule has 172 valence electrons. The number of aryl methyl sites for hydroxylation is 1. The van der Waals surface area contributed by atoms with E-state index in [2.05, 4.69) is 20.6 Å². The van der Waals surface area contributed by atoms with Crippen LogP contribution >= 0.6 is 24.0 Å². The zero-order valence-corrected chi connectivity index (χ0v) is 21.4. The van der Waals surface area contributed by atoms with Crippen LogP contribution in [0.2, 0.25) is 0 Å². The van der Waals surface area contributed by atoms with Gasteiger partial charge in [-0.25, -0.2) is 17.7 Å². The van der Waals surface area contributed by atoms with Crippen LogP contribution in [0.5, 0.6) is 0 Å². The molecule has 1 aromatic carbocycles. The normalized spacial score (nSPS) is 16.0. The van der Waals surface area contributed by atoms with Crippen molar-refractivity contribution in [2.24, 2.45) is 4.99 Å². The van der Waals surface area contributed by atoms with E-state index < -0.39 is 10.0 Å². The molecule has 0 saturated carbocycles. The van der Waals surface area contributed by atoms with E-state index in [4.69, 9.17) is 4.42 Å². The molecule has 3 rings (SSSR count). The van der Waals surface area contributed by atoms with E-state index in [0.717, 1.165) is 24.1 Å². The highest BCUT2D eigenvalue weighted by atomic mass is 127. The Hall–Kier alpha value is -1.66. The molecule has 2 heterocycles. The third-order valence-corrected chi connectivity index (χ3v) is 7.24. The van der Waals surface area contributed by atoms with Crippen molar-refractivity contribution in [2.75, 3.05) is 25.9 Å². The predicted molar refractivity (Wildman–Crippen MR) is 134 cm³/mol. The van der Waals surface area contributed by atoms with Gasteiger partial charge in [-0.1, -0.05) is 24.6 Å². The molecule has 2 aromatic rings. The van der Waals surface area contributed by atoms with Gasteiger partial charge in [0.2, 0.25) is 15.9 Å². The number of guanidine groups is 1. The molecule has 1 aliphatic rings. The van der Waals surface area contributed by atoms with Gasteiger partial charge in [0, 0.05) is 31.7 Å². The molecule has 8 nitrogen and oxygen atoms in total. The number of aliphatic imine (C=N–C) groups is 1. The number of sulfonamides is 1. The summed E-state index contributed by atoms with van der Waals surface area (Å²) in [5.74, 6) is 1.48. The zero-order valence-electron chi connectivity index (χ0n) is 18.3.